The fourth-order valence-corrected chi connectivity index (χ4v) is 3.12. The molecule has 3 rings (SSSR count). The molecule has 1 fully saturated rings. The molecule has 5 nitrogen and oxygen atoms in total. The molecule has 0 atom stereocenters. The highest BCUT2D eigenvalue weighted by Crippen LogP contribution is 2.29. The fraction of sp³-hybridized carbons (Fsp3) is 0.333. The highest BCUT2D eigenvalue weighted by Gasteiger charge is 2.44. The zero-order chi connectivity index (χ0) is 22.6. The molecule has 2 aromatic carbocycles. The number of nitrogens with zero attached hydrogens (tertiary/aromatic N) is 1. The van der Waals surface area contributed by atoms with Crippen LogP contribution in [0.5, 0.6) is 11.5 Å². The lowest BCUT2D eigenvalue weighted by Crippen LogP contribution is -2.41. The SMILES string of the molecule is O=Cc1ccc(OC2CCN(C(=O)c3cccc(OC(F)(F)C(F)F)c3)CC2)c(F)c1. The number of amides is 1. The molecule has 1 aliphatic rings. The number of hydrogen-bond donors (Lipinski definition) is 0. The molecule has 1 amide bonds. The van der Waals surface area contributed by atoms with Crippen LogP contribution in [0.1, 0.15) is 33.6 Å². The molecule has 0 aliphatic carbocycles. The van der Waals surface area contributed by atoms with E-state index in [2.05, 4.69) is 4.74 Å². The summed E-state index contributed by atoms with van der Waals surface area (Å²) in [6.45, 7) is 0.519. The van der Waals surface area contributed by atoms with Crippen LogP contribution in [0.2, 0.25) is 0 Å². The number of aldehydes is 1. The Balaban J connectivity index is 1.59. The van der Waals surface area contributed by atoms with Crippen LogP contribution in [0.25, 0.3) is 0 Å². The predicted molar refractivity (Wildman–Crippen MR) is 99.4 cm³/mol. The summed E-state index contributed by atoms with van der Waals surface area (Å²) in [4.78, 5) is 24.8. The maximum atomic E-state index is 14.0. The summed E-state index contributed by atoms with van der Waals surface area (Å²) >= 11 is 0. The predicted octanol–water partition coefficient (Wildman–Crippen LogP) is 4.56. The zero-order valence-corrected chi connectivity index (χ0v) is 16.1. The Kier molecular flexibility index (Phi) is 6.77. The Hall–Kier alpha value is -3.17. The smallest absolute Gasteiger partial charge is 0.461 e. The average Bonchev–Trinajstić information content (AvgIpc) is 2.75. The minimum atomic E-state index is -4.67. The number of rotatable bonds is 7. The minimum absolute atomic E-state index is 0.000171. The van der Waals surface area contributed by atoms with E-state index >= 15 is 0 Å². The van der Waals surface area contributed by atoms with Crippen LogP contribution in [-0.4, -0.2) is 48.8 Å². The number of halogens is 5. The van der Waals surface area contributed by atoms with Crippen molar-refractivity contribution < 1.29 is 41.0 Å². The molecule has 1 saturated heterocycles. The van der Waals surface area contributed by atoms with Crippen LogP contribution in [0, 0.1) is 5.82 Å². The van der Waals surface area contributed by atoms with Crippen LogP contribution in [0.3, 0.4) is 0 Å². The standard InChI is InChI=1S/C21H18F5NO4/c22-17-10-13(12-28)4-5-18(17)30-15-6-8-27(9-7-15)19(29)14-2-1-3-16(11-14)31-21(25,26)20(23)24/h1-5,10-12,15,20H,6-9H2. The monoisotopic (exact) mass is 443 g/mol. The van der Waals surface area contributed by atoms with Gasteiger partial charge in [0.1, 0.15) is 18.1 Å². The van der Waals surface area contributed by atoms with Crippen molar-refractivity contribution in [2.45, 2.75) is 31.5 Å². The summed E-state index contributed by atoms with van der Waals surface area (Å²) in [6.07, 6.45) is -7.74. The number of ether oxygens (including phenoxy) is 2. The molecule has 0 spiro atoms. The highest BCUT2D eigenvalue weighted by atomic mass is 19.3. The second-order valence-corrected chi connectivity index (χ2v) is 6.91. The van der Waals surface area contributed by atoms with E-state index in [9.17, 15) is 31.5 Å². The molecule has 0 unspecified atom stereocenters. The maximum Gasteiger partial charge on any atom is 0.461 e. The lowest BCUT2D eigenvalue weighted by molar-refractivity contribution is -0.253. The first-order valence-electron chi connectivity index (χ1n) is 9.35. The van der Waals surface area contributed by atoms with Gasteiger partial charge in [0, 0.05) is 37.1 Å². The molecule has 1 aliphatic heterocycles. The number of likely N-dealkylation sites (tertiary alicyclic amines) is 1. The van der Waals surface area contributed by atoms with Crippen molar-refractivity contribution in [2.75, 3.05) is 13.1 Å². The van der Waals surface area contributed by atoms with Crippen molar-refractivity contribution in [1.29, 1.82) is 0 Å². The fourth-order valence-electron chi connectivity index (χ4n) is 3.12. The second kappa shape index (κ2) is 9.32. The summed E-state index contributed by atoms with van der Waals surface area (Å²) in [5.41, 5.74) is 0.195. The molecule has 0 radical (unpaired) electrons. The molecule has 0 bridgehead atoms. The summed E-state index contributed by atoms with van der Waals surface area (Å²) < 4.78 is 74.4. The summed E-state index contributed by atoms with van der Waals surface area (Å²) in [5.74, 6) is -1.70. The number of carbonyl (C=O) groups excluding carboxylic acids is 2. The summed E-state index contributed by atoms with van der Waals surface area (Å²) in [7, 11) is 0. The van der Waals surface area contributed by atoms with E-state index in [0.29, 0.717) is 19.1 Å². The Labute approximate surface area is 174 Å². The van der Waals surface area contributed by atoms with Crippen molar-refractivity contribution >= 4 is 12.2 Å². The van der Waals surface area contributed by atoms with E-state index in [1.54, 1.807) is 0 Å². The van der Waals surface area contributed by atoms with Crippen LogP contribution in [0.15, 0.2) is 42.5 Å². The topological polar surface area (TPSA) is 55.8 Å². The quantitative estimate of drug-likeness (QED) is 0.465. The van der Waals surface area contributed by atoms with Crippen LogP contribution in [0.4, 0.5) is 22.0 Å². The third-order valence-corrected chi connectivity index (χ3v) is 4.70. The number of carbonyl (C=O) groups is 2. The Morgan fingerprint density at radius 3 is 2.45 bits per heavy atom. The van der Waals surface area contributed by atoms with Crippen molar-refractivity contribution in [1.82, 2.24) is 4.90 Å². The molecule has 2 aromatic rings. The van der Waals surface area contributed by atoms with E-state index in [1.807, 2.05) is 0 Å². The van der Waals surface area contributed by atoms with E-state index in [4.69, 9.17) is 4.74 Å². The second-order valence-electron chi connectivity index (χ2n) is 6.91. The van der Waals surface area contributed by atoms with E-state index < -0.39 is 30.0 Å². The Morgan fingerprint density at radius 1 is 1.13 bits per heavy atom. The van der Waals surface area contributed by atoms with Crippen molar-refractivity contribution in [3.8, 4) is 11.5 Å². The maximum absolute atomic E-state index is 14.0. The van der Waals surface area contributed by atoms with Crippen LogP contribution in [-0.2, 0) is 0 Å². The van der Waals surface area contributed by atoms with Gasteiger partial charge in [0.15, 0.2) is 11.6 Å². The van der Waals surface area contributed by atoms with Gasteiger partial charge in [-0.15, -0.1) is 0 Å². The molecule has 10 heteroatoms. The number of piperidine rings is 1. The Bertz CT molecular complexity index is 945. The molecule has 0 aromatic heterocycles. The van der Waals surface area contributed by atoms with Crippen LogP contribution < -0.4 is 9.47 Å². The largest absolute Gasteiger partial charge is 0.487 e. The molecular weight excluding hydrogens is 425 g/mol. The number of benzene rings is 2. The van der Waals surface area contributed by atoms with Gasteiger partial charge in [0.2, 0.25) is 0 Å². The lowest BCUT2D eigenvalue weighted by atomic mass is 10.1. The molecule has 1 heterocycles. The zero-order valence-electron chi connectivity index (χ0n) is 16.1. The van der Waals surface area contributed by atoms with Gasteiger partial charge in [-0.3, -0.25) is 9.59 Å². The van der Waals surface area contributed by atoms with Gasteiger partial charge >= 0.3 is 12.5 Å². The van der Waals surface area contributed by atoms with E-state index in [-0.39, 0.29) is 36.1 Å². The van der Waals surface area contributed by atoms with Gasteiger partial charge in [0.25, 0.3) is 5.91 Å². The molecule has 0 N–H and O–H groups in total. The first-order valence-corrected chi connectivity index (χ1v) is 9.35. The third-order valence-electron chi connectivity index (χ3n) is 4.70. The first kappa shape index (κ1) is 22.5. The van der Waals surface area contributed by atoms with E-state index in [1.165, 1.54) is 29.2 Å². The van der Waals surface area contributed by atoms with Crippen molar-refractivity contribution in [3.63, 3.8) is 0 Å². The van der Waals surface area contributed by atoms with Gasteiger partial charge in [-0.1, -0.05) is 6.07 Å². The summed E-state index contributed by atoms with van der Waals surface area (Å²) in [6, 6.07) is 8.50. The van der Waals surface area contributed by atoms with Crippen molar-refractivity contribution in [3.05, 3.63) is 59.4 Å². The summed E-state index contributed by atoms with van der Waals surface area (Å²) in [5, 5.41) is 0. The normalized spacial score (nSPS) is 15.1. The van der Waals surface area contributed by atoms with Crippen molar-refractivity contribution in [2.24, 2.45) is 0 Å². The highest BCUT2D eigenvalue weighted by molar-refractivity contribution is 5.94. The molecule has 31 heavy (non-hydrogen) atoms. The Morgan fingerprint density at radius 2 is 1.84 bits per heavy atom. The average molecular weight is 443 g/mol. The van der Waals surface area contributed by atoms with E-state index in [0.717, 1.165) is 18.2 Å². The van der Waals surface area contributed by atoms with Gasteiger partial charge in [-0.2, -0.15) is 17.6 Å². The third kappa shape index (κ3) is 5.50. The first-order chi connectivity index (χ1) is 14.7. The molecule has 0 saturated carbocycles. The van der Waals surface area contributed by atoms with Gasteiger partial charge in [-0.05, 0) is 36.4 Å². The number of alkyl halides is 4. The van der Waals surface area contributed by atoms with Gasteiger partial charge in [-0.25, -0.2) is 4.39 Å². The minimum Gasteiger partial charge on any atom is -0.487 e. The van der Waals surface area contributed by atoms with Crippen LogP contribution >= 0.6 is 0 Å². The number of hydrogen-bond acceptors (Lipinski definition) is 4. The molecule has 166 valence electrons. The van der Waals surface area contributed by atoms with Gasteiger partial charge in [0.05, 0.1) is 0 Å². The molecular formula is C21H18F5NO4. The lowest BCUT2D eigenvalue weighted by Gasteiger charge is -2.32. The van der Waals surface area contributed by atoms with Gasteiger partial charge < -0.3 is 14.4 Å².